The molecule has 3 aliphatic rings. The molecular formula is C35H50N15O23P4+. The van der Waals surface area contributed by atoms with E-state index in [2.05, 4.69) is 48.5 Å². The summed E-state index contributed by atoms with van der Waals surface area (Å²) in [6, 6.07) is 0. The molecule has 9 rings (SSSR count). The molecule has 3 aliphatic heterocycles. The van der Waals surface area contributed by atoms with E-state index >= 15 is 0 Å². The second-order valence-electron chi connectivity index (χ2n) is 17.5. The Bertz CT molecular complexity index is 3510. The number of phosphoric ester groups is 2. The highest BCUT2D eigenvalue weighted by Gasteiger charge is 2.57. The van der Waals surface area contributed by atoms with Gasteiger partial charge in [0, 0.05) is 26.1 Å². The van der Waals surface area contributed by atoms with Crippen molar-refractivity contribution in [3.05, 3.63) is 46.0 Å². The molecule has 6 aromatic heterocycles. The van der Waals surface area contributed by atoms with Gasteiger partial charge in [0.2, 0.25) is 17.7 Å². The molecule has 0 radical (unpaired) electrons. The number of aromatic amines is 2. The van der Waals surface area contributed by atoms with Crippen LogP contribution in [-0.4, -0.2) is 178 Å². The largest absolute Gasteiger partial charge is 0.490 e. The van der Waals surface area contributed by atoms with Gasteiger partial charge < -0.3 is 80.3 Å². The molecule has 3 saturated heterocycles. The number of nitrogens with one attached hydrogen (secondary N) is 2. The Labute approximate surface area is 428 Å². The number of nitrogen functional groups attached to an aromatic ring is 3. The van der Waals surface area contributed by atoms with E-state index in [-0.39, 0.29) is 57.8 Å². The third-order valence-corrected chi connectivity index (χ3v) is 18.8. The van der Waals surface area contributed by atoms with Crippen molar-refractivity contribution in [3.8, 4) is 0 Å². The highest BCUT2D eigenvalue weighted by Crippen LogP contribution is 2.68. The van der Waals surface area contributed by atoms with Crippen LogP contribution in [0.3, 0.4) is 0 Å². The normalized spacial score (nSPS) is 30.0. The molecule has 77 heavy (non-hydrogen) atoms. The highest BCUT2D eigenvalue weighted by molar-refractivity contribution is 7.66. The van der Waals surface area contributed by atoms with Crippen LogP contribution in [0.15, 0.2) is 34.9 Å². The minimum absolute atomic E-state index is 0.0184. The zero-order valence-corrected chi connectivity index (χ0v) is 43.5. The topological polar surface area (TPSA) is 542 Å². The first kappa shape index (κ1) is 56.6. The number of nitrogens with two attached hydrogens (primary N) is 3. The summed E-state index contributed by atoms with van der Waals surface area (Å²) in [5, 5.41) is 33.3. The van der Waals surface area contributed by atoms with Gasteiger partial charge in [-0.25, -0.2) is 38.2 Å². The summed E-state index contributed by atoms with van der Waals surface area (Å²) >= 11 is 0. The Morgan fingerprint density at radius 2 is 1.25 bits per heavy atom. The number of methoxy groups -OCH3 is 2. The van der Waals surface area contributed by atoms with E-state index in [9.17, 15) is 62.7 Å². The van der Waals surface area contributed by atoms with Gasteiger partial charge in [-0.3, -0.25) is 46.9 Å². The number of ether oxygens (including phenoxy) is 5. The van der Waals surface area contributed by atoms with E-state index < -0.39 is 141 Å². The molecule has 422 valence electrons. The number of nitrogens with zero attached hydrogens (tertiary/aromatic N) is 10. The van der Waals surface area contributed by atoms with Gasteiger partial charge in [-0.1, -0.05) is 4.98 Å². The number of rotatable bonds is 21. The standard InChI is InChI=1S/C35H49N15O23P4/c1-47-12-50(28-20(47)30(55)46-35(38)44-28)32-21(51)13(4-64-2)15(69-32)6-67-75(58,59)72-77(62,63)73-76(60,61)68-8-17-24(14(5-65-3)31(71-17)48-10-41-18-25(36)39-9-40-26(18)48)74(56,57)66-7-16-22(52)23(53)33(70-16)49-11-42-19-27(49)43-34(37)45-29(19)54/h9-17,21-24,31-33,51-53H,4-8H2,1-3H3,(H11-,36,37,38,39,40,43,44,45,46,54,55,56,57,58,59,60,61,62,63)/p+1/t13-,14-,15-,16-,17-,21-,22-,23-,24+,31-,32-,33-/m1/s1. The van der Waals surface area contributed by atoms with E-state index in [0.29, 0.717) is 0 Å². The number of anilines is 3. The molecular weight excluding hydrogens is 1120 g/mol. The molecule has 0 spiro atoms. The first-order valence-electron chi connectivity index (χ1n) is 22.3. The summed E-state index contributed by atoms with van der Waals surface area (Å²) in [4.78, 5) is 97.5. The molecule has 0 aromatic carbocycles. The van der Waals surface area contributed by atoms with Crippen LogP contribution >= 0.6 is 31.1 Å². The summed E-state index contributed by atoms with van der Waals surface area (Å²) in [5.74, 6) is -3.00. The fourth-order valence-electron chi connectivity index (χ4n) is 9.29. The number of aliphatic hydroxyl groups is 3. The number of phosphoric acid groups is 3. The van der Waals surface area contributed by atoms with Gasteiger partial charge in [0.1, 0.15) is 42.5 Å². The maximum absolute atomic E-state index is 14.6. The van der Waals surface area contributed by atoms with Crippen LogP contribution in [-0.2, 0) is 71.2 Å². The first-order chi connectivity index (χ1) is 36.2. The number of aliphatic hydroxyl groups excluding tert-OH is 3. The lowest BCUT2D eigenvalue weighted by atomic mass is 9.99. The second-order valence-corrected chi connectivity index (χ2v) is 24.1. The van der Waals surface area contributed by atoms with Gasteiger partial charge >= 0.3 is 36.7 Å². The van der Waals surface area contributed by atoms with Gasteiger partial charge in [-0.05, 0) is 0 Å². The Morgan fingerprint density at radius 1 is 0.662 bits per heavy atom. The van der Waals surface area contributed by atoms with Crippen molar-refractivity contribution in [2.45, 2.75) is 61.0 Å². The van der Waals surface area contributed by atoms with Crippen molar-refractivity contribution in [2.24, 2.45) is 18.9 Å². The number of hydrogen-bond acceptors (Lipinski definition) is 28. The molecule has 16 atom stereocenters. The Kier molecular flexibility index (Phi) is 15.8. The summed E-state index contributed by atoms with van der Waals surface area (Å²) in [6.45, 7) is -3.85. The lowest BCUT2D eigenvalue weighted by Gasteiger charge is -2.28. The molecule has 0 amide bonds. The predicted molar refractivity (Wildman–Crippen MR) is 252 cm³/mol. The Hall–Kier alpha value is -5.11. The third-order valence-electron chi connectivity index (χ3n) is 12.5. The Morgan fingerprint density at radius 3 is 1.92 bits per heavy atom. The van der Waals surface area contributed by atoms with E-state index in [1.165, 1.54) is 47.6 Å². The number of hydrogen-bond donors (Lipinski definition) is 12. The molecule has 0 saturated carbocycles. The summed E-state index contributed by atoms with van der Waals surface area (Å²) in [7, 11) is -19.2. The number of H-pyrrole nitrogens is 2. The Balaban J connectivity index is 0.897. The average molecular weight is 1170 g/mol. The summed E-state index contributed by atoms with van der Waals surface area (Å²) < 4.78 is 112. The van der Waals surface area contributed by atoms with Crippen LogP contribution in [0.2, 0.25) is 0 Å². The van der Waals surface area contributed by atoms with E-state index in [1.807, 2.05) is 0 Å². The quantitative estimate of drug-likeness (QED) is 0.0246. The number of aryl methyl sites for hydroxylation is 1. The van der Waals surface area contributed by atoms with E-state index in [0.717, 1.165) is 17.2 Å². The number of fused-ring (bicyclic) bond motifs is 3. The minimum atomic E-state index is -6.19. The van der Waals surface area contributed by atoms with Crippen molar-refractivity contribution < 1.29 is 104 Å². The molecule has 15 N–H and O–H groups in total. The molecule has 4 unspecified atom stereocenters. The fraction of sp³-hybridized carbons (Fsp3) is 0.571. The van der Waals surface area contributed by atoms with Crippen molar-refractivity contribution in [2.75, 3.05) is 64.5 Å². The second kappa shape index (κ2) is 21.5. The van der Waals surface area contributed by atoms with Crippen molar-refractivity contribution in [3.63, 3.8) is 0 Å². The van der Waals surface area contributed by atoms with E-state index in [4.69, 9.17) is 54.5 Å². The molecule has 3 fully saturated rings. The van der Waals surface area contributed by atoms with Crippen LogP contribution in [0.5, 0.6) is 0 Å². The van der Waals surface area contributed by atoms with Gasteiger partial charge in [-0.15, -0.1) is 0 Å². The van der Waals surface area contributed by atoms with Crippen LogP contribution in [0.1, 0.15) is 18.7 Å². The maximum atomic E-state index is 14.6. The molecule has 0 bridgehead atoms. The maximum Gasteiger partial charge on any atom is 0.490 e. The molecule has 38 nitrogen and oxygen atoms in total. The van der Waals surface area contributed by atoms with Crippen LogP contribution < -0.4 is 32.9 Å². The lowest BCUT2D eigenvalue weighted by molar-refractivity contribution is -0.745. The zero-order valence-electron chi connectivity index (χ0n) is 39.9. The predicted octanol–water partition coefficient (Wildman–Crippen LogP) is -3.49. The van der Waals surface area contributed by atoms with Gasteiger partial charge in [0.15, 0.2) is 35.2 Å². The van der Waals surface area contributed by atoms with Crippen LogP contribution in [0.4, 0.5) is 17.7 Å². The monoisotopic (exact) mass is 1170 g/mol. The van der Waals surface area contributed by atoms with Crippen LogP contribution in [0, 0.1) is 11.8 Å². The molecule has 9 heterocycles. The van der Waals surface area contributed by atoms with Gasteiger partial charge in [0.25, 0.3) is 17.1 Å². The SMILES string of the molecule is COC[C@@H]1[C@H](P(=O)(O)OC[C@H]2O[C@@H](n3cnc4c(=O)[nH]c(N)nc43)[C@H](O)[C@@H]2O)[C@@H](COP(=O)(O)OP(=O)(O)OP(=O)(O)OC[C@H]2O[C@@H]([n+]3cn(C)c4c(=O)[nH]c(N)nc43)[C@H](O)[C@@H]2COC)O[C@H]1n1cnc2c(N)ncnc21. The smallest absolute Gasteiger partial charge is 0.387 e. The van der Waals surface area contributed by atoms with Crippen molar-refractivity contribution in [1.82, 2.24) is 53.6 Å². The van der Waals surface area contributed by atoms with Gasteiger partial charge in [-0.2, -0.15) is 13.6 Å². The minimum Gasteiger partial charge on any atom is -0.387 e. The summed E-state index contributed by atoms with van der Waals surface area (Å²) in [5.41, 5.74) is 14.0. The van der Waals surface area contributed by atoms with Gasteiger partial charge in [0.05, 0.1) is 70.6 Å². The number of aromatic nitrogens is 12. The third kappa shape index (κ3) is 11.3. The van der Waals surface area contributed by atoms with Crippen molar-refractivity contribution >= 4 is 82.3 Å². The van der Waals surface area contributed by atoms with E-state index in [1.54, 1.807) is 0 Å². The summed E-state index contributed by atoms with van der Waals surface area (Å²) in [6.07, 6.45) is -9.39. The fourth-order valence-corrected chi connectivity index (χ4v) is 14.6. The number of imidazole rings is 3. The average Bonchev–Trinajstić information content (AvgIpc) is 4.21. The molecule has 0 aliphatic carbocycles. The highest BCUT2D eigenvalue weighted by atomic mass is 31.3. The molecule has 42 heteroatoms. The zero-order chi connectivity index (χ0) is 55.7. The first-order valence-corrected chi connectivity index (χ1v) is 28.4. The van der Waals surface area contributed by atoms with Crippen LogP contribution in [0.25, 0.3) is 33.5 Å². The molecule has 6 aromatic rings. The lowest BCUT2D eigenvalue weighted by Crippen LogP contribution is -2.45. The van der Waals surface area contributed by atoms with Crippen molar-refractivity contribution in [1.29, 1.82) is 0 Å².